The molecule has 0 bridgehead atoms. The van der Waals surface area contributed by atoms with Gasteiger partial charge in [-0.2, -0.15) is 15.6 Å². The van der Waals surface area contributed by atoms with Crippen molar-refractivity contribution >= 4 is 93.9 Å². The van der Waals surface area contributed by atoms with Crippen molar-refractivity contribution < 1.29 is 30.6 Å². The van der Waals surface area contributed by atoms with Gasteiger partial charge < -0.3 is 30.6 Å². The second-order valence-corrected chi connectivity index (χ2v) is 10.4. The first-order chi connectivity index (χ1) is 19.4. The van der Waals surface area contributed by atoms with Gasteiger partial charge in [-0.25, -0.2) is 0 Å². The maximum atomic E-state index is 11.5. The van der Waals surface area contributed by atoms with Gasteiger partial charge in [-0.05, 0) is 29.1 Å². The third-order valence-corrected chi connectivity index (χ3v) is 7.79. The molecular formula is C24H23B5N6O6. The lowest BCUT2D eigenvalue weighted by molar-refractivity contribution is 0.323. The normalized spacial score (nSPS) is 16.3. The number of fused-ring (bicyclic) bond motifs is 2. The Balaban J connectivity index is 1.43. The van der Waals surface area contributed by atoms with Gasteiger partial charge in [0.05, 0.1) is 11.8 Å². The third-order valence-electron chi connectivity index (χ3n) is 7.79. The topological polar surface area (TPSA) is 180 Å². The van der Waals surface area contributed by atoms with E-state index in [-0.39, 0.29) is 41.8 Å². The zero-order valence-electron chi connectivity index (χ0n) is 22.7. The first-order valence-electron chi connectivity index (χ1n) is 12.8. The highest BCUT2D eigenvalue weighted by atomic mass is 16.3. The Hall–Kier alpha value is -4.91. The van der Waals surface area contributed by atoms with Crippen LogP contribution in [0.25, 0.3) is 16.7 Å². The highest BCUT2D eigenvalue weighted by Gasteiger charge is 2.31. The predicted octanol–water partition coefficient (Wildman–Crippen LogP) is -6.39. The van der Waals surface area contributed by atoms with Gasteiger partial charge in [-0.15, -0.1) is 15.0 Å². The van der Waals surface area contributed by atoms with E-state index in [4.69, 9.17) is 0 Å². The van der Waals surface area contributed by atoms with Gasteiger partial charge in [0.1, 0.15) is 65.3 Å². The quantitative estimate of drug-likeness (QED) is 0.0963. The van der Waals surface area contributed by atoms with E-state index in [2.05, 4.69) is 20.7 Å². The van der Waals surface area contributed by atoms with E-state index < -0.39 is 6.04 Å². The fourth-order valence-electron chi connectivity index (χ4n) is 5.10. The minimum Gasteiger partial charge on any atom is -0.506 e. The highest BCUT2D eigenvalue weighted by Crippen LogP contribution is 2.30. The van der Waals surface area contributed by atoms with Gasteiger partial charge in [-0.1, -0.05) is 21.9 Å². The van der Waals surface area contributed by atoms with Crippen LogP contribution in [0.2, 0.25) is 0 Å². The van der Waals surface area contributed by atoms with Crippen LogP contribution in [0.4, 0.5) is 5.69 Å². The smallest absolute Gasteiger partial charge is 0.200 e. The van der Waals surface area contributed by atoms with E-state index in [0.29, 0.717) is 39.0 Å². The Bertz CT molecular complexity index is 1850. The van der Waals surface area contributed by atoms with E-state index >= 15 is 0 Å². The molecule has 1 atom stereocenters. The van der Waals surface area contributed by atoms with Crippen LogP contribution in [0.3, 0.4) is 0 Å². The molecule has 6 rings (SSSR count). The fourth-order valence-corrected chi connectivity index (χ4v) is 5.10. The van der Waals surface area contributed by atoms with E-state index in [1.54, 1.807) is 12.1 Å². The molecule has 12 nitrogen and oxygen atoms in total. The number of aliphatic hydroxyl groups excluding tert-OH is 2. The second-order valence-electron chi connectivity index (χ2n) is 10.4. The Morgan fingerprint density at radius 2 is 1.27 bits per heavy atom. The average molecular weight is 546 g/mol. The van der Waals surface area contributed by atoms with Gasteiger partial charge >= 0.3 is 0 Å². The number of aromatic nitrogens is 3. The molecule has 7 N–H and O–H groups in total. The van der Waals surface area contributed by atoms with Crippen molar-refractivity contribution in [3.05, 3.63) is 47.9 Å². The summed E-state index contributed by atoms with van der Waals surface area (Å²) in [5.74, 6) is -1.32. The van der Waals surface area contributed by atoms with Crippen molar-refractivity contribution in [1.82, 2.24) is 20.4 Å². The molecule has 1 aromatic heterocycles. The number of aliphatic hydroxyl groups is 2. The molecule has 1 aliphatic heterocycles. The Morgan fingerprint density at radius 3 is 1.85 bits per heavy atom. The number of anilines is 1. The molecule has 2 heterocycles. The van der Waals surface area contributed by atoms with Crippen LogP contribution in [0, 0.1) is 0 Å². The van der Waals surface area contributed by atoms with Crippen LogP contribution in [0.15, 0.2) is 53.0 Å². The van der Waals surface area contributed by atoms with Gasteiger partial charge in [-0.3, -0.25) is 0 Å². The lowest BCUT2D eigenvalue weighted by Crippen LogP contribution is -2.52. The molecule has 41 heavy (non-hydrogen) atoms. The van der Waals surface area contributed by atoms with E-state index in [1.807, 2.05) is 31.4 Å². The molecule has 0 saturated heterocycles. The summed E-state index contributed by atoms with van der Waals surface area (Å²) < 4.78 is 0. The Labute approximate surface area is 237 Å². The number of hydrogen-bond acceptors (Lipinski definition) is 11. The zero-order chi connectivity index (χ0) is 29.3. The molecule has 17 heteroatoms. The van der Waals surface area contributed by atoms with Gasteiger partial charge in [0.15, 0.2) is 23.0 Å². The monoisotopic (exact) mass is 546 g/mol. The van der Waals surface area contributed by atoms with Gasteiger partial charge in [0, 0.05) is 18.2 Å². The summed E-state index contributed by atoms with van der Waals surface area (Å²) in [7, 11) is 7.76. The molecule has 4 aromatic rings. The molecule has 200 valence electrons. The van der Waals surface area contributed by atoms with Crippen LogP contribution >= 0.6 is 0 Å². The number of benzene rings is 3. The lowest BCUT2D eigenvalue weighted by atomic mass is 9.53. The summed E-state index contributed by atoms with van der Waals surface area (Å²) in [6.45, 7) is 0. The molecule has 2 aliphatic rings. The molecule has 0 amide bonds. The number of phenolic OH excluding ortho intramolecular Hbond substituents is 4. The van der Waals surface area contributed by atoms with Crippen LogP contribution in [0.5, 0.6) is 23.0 Å². The second kappa shape index (κ2) is 9.34. The molecule has 0 radical (unpaired) electrons. The van der Waals surface area contributed by atoms with E-state index in [9.17, 15) is 30.6 Å². The number of hydrazone groups is 1. The van der Waals surface area contributed by atoms with Crippen LogP contribution in [-0.4, -0.2) is 96.1 Å². The van der Waals surface area contributed by atoms with Crippen LogP contribution in [-0.2, 0) is 0 Å². The number of hydrazine groups is 1. The molecular weight excluding hydrogens is 522 g/mol. The standard InChI is InChI=1S/C24H23B5N6O6/c25-7-1-13(34-30-9-3-15(36)16(37)4-10(9)31-34)23(40)21(19(7)27)29-22-20(28)8(26)2-14(24(22)41)35-32-11-5-17(38)18(39)6-12(11)33-35/h1-6,9,29-30,36-41H,25-28H2. The summed E-state index contributed by atoms with van der Waals surface area (Å²) in [6.07, 6.45) is 2.79. The molecule has 1 aliphatic carbocycles. The molecule has 3 aromatic carbocycles. The van der Waals surface area contributed by atoms with E-state index in [0.717, 1.165) is 21.9 Å². The van der Waals surface area contributed by atoms with Crippen molar-refractivity contribution in [1.29, 1.82) is 0 Å². The minimum atomic E-state index is -0.484. The van der Waals surface area contributed by atoms with Crippen molar-refractivity contribution in [3.8, 4) is 28.7 Å². The van der Waals surface area contributed by atoms with Crippen molar-refractivity contribution in [3.63, 3.8) is 0 Å². The third kappa shape index (κ3) is 4.25. The van der Waals surface area contributed by atoms with Crippen molar-refractivity contribution in [2.45, 2.75) is 6.04 Å². The zero-order valence-corrected chi connectivity index (χ0v) is 22.7. The molecule has 1 unspecified atom stereocenters. The largest absolute Gasteiger partial charge is 0.506 e. The summed E-state index contributed by atoms with van der Waals surface area (Å²) in [5, 5.41) is 77.1. The predicted molar refractivity (Wildman–Crippen MR) is 169 cm³/mol. The number of hydrogen-bond donors (Lipinski definition) is 7. The van der Waals surface area contributed by atoms with Crippen molar-refractivity contribution in [2.75, 3.05) is 5.12 Å². The maximum Gasteiger partial charge on any atom is 0.200 e. The molecule has 0 fully saturated rings. The SMILES string of the molecule is Bc1cc(N2N=C3C=C(O)C(O)=CC3N2)c(O)c(Bc2c(B)c(B)cc(-n3nc4cc(O)c(O)cc4n3)c2O)c1B. The fraction of sp³-hybridized carbons (Fsp3) is 0.0417. The summed E-state index contributed by atoms with van der Waals surface area (Å²) in [4.78, 5) is 1.25. The number of nitrogens with one attached hydrogen (secondary N) is 1. The van der Waals surface area contributed by atoms with Gasteiger partial charge in [0.25, 0.3) is 0 Å². The van der Waals surface area contributed by atoms with Crippen molar-refractivity contribution in [2.24, 2.45) is 5.10 Å². The number of phenols is 4. The highest BCUT2D eigenvalue weighted by molar-refractivity contribution is 6.79. The van der Waals surface area contributed by atoms with Crippen LogP contribution < -0.4 is 43.3 Å². The maximum absolute atomic E-state index is 11.5. The Morgan fingerprint density at radius 1 is 0.732 bits per heavy atom. The minimum absolute atomic E-state index is 0.0410. The lowest BCUT2D eigenvalue weighted by Gasteiger charge is -2.23. The first-order valence-corrected chi connectivity index (χ1v) is 12.8. The Kier molecular flexibility index (Phi) is 6.00. The molecule has 0 spiro atoms. The first kappa shape index (κ1) is 26.3. The van der Waals surface area contributed by atoms with Gasteiger partial charge in [0.2, 0.25) is 7.28 Å². The average Bonchev–Trinajstić information content (AvgIpc) is 3.51. The summed E-state index contributed by atoms with van der Waals surface area (Å²) >= 11 is 0. The number of nitrogens with zero attached hydrogens (tertiary/aromatic N) is 5. The summed E-state index contributed by atoms with van der Waals surface area (Å²) in [6, 6.07) is 5.64. The summed E-state index contributed by atoms with van der Waals surface area (Å²) in [5.41, 5.74) is 9.46. The number of aromatic hydroxyl groups is 4. The number of rotatable bonds is 4. The van der Waals surface area contributed by atoms with Crippen LogP contribution in [0.1, 0.15) is 0 Å². The van der Waals surface area contributed by atoms with E-state index in [1.165, 1.54) is 34.2 Å². The molecule has 0 saturated carbocycles.